The molecule has 2 saturated heterocycles. The molecule has 0 spiro atoms. The van der Waals surface area contributed by atoms with Gasteiger partial charge in [0.15, 0.2) is 5.16 Å². The van der Waals surface area contributed by atoms with Crippen LogP contribution in [-0.4, -0.2) is 61.0 Å². The quantitative estimate of drug-likeness (QED) is 0.320. The van der Waals surface area contributed by atoms with Gasteiger partial charge in [-0.2, -0.15) is 4.98 Å². The second-order valence-electron chi connectivity index (χ2n) is 6.29. The van der Waals surface area contributed by atoms with Gasteiger partial charge < -0.3 is 10.4 Å². The molecule has 3 aliphatic rings. The Labute approximate surface area is 144 Å². The molecule has 11 heteroatoms. The van der Waals surface area contributed by atoms with Gasteiger partial charge in [-0.3, -0.25) is 29.1 Å². The number of amides is 1. The predicted molar refractivity (Wildman–Crippen MR) is 86.0 cm³/mol. The lowest BCUT2D eigenvalue weighted by molar-refractivity contribution is -0.153. The molecule has 1 aromatic heterocycles. The Bertz CT molecular complexity index is 934. The van der Waals surface area contributed by atoms with Gasteiger partial charge in [0.2, 0.25) is 5.91 Å². The Morgan fingerprint density at radius 3 is 2.88 bits per heavy atom. The van der Waals surface area contributed by atoms with Crippen molar-refractivity contribution >= 4 is 23.6 Å². The molecule has 3 N–H and O–H groups in total. The third kappa shape index (κ3) is 2.34. The van der Waals surface area contributed by atoms with Crippen LogP contribution in [0.1, 0.15) is 6.42 Å². The first-order valence-corrected chi connectivity index (χ1v) is 8.69. The van der Waals surface area contributed by atoms with E-state index >= 15 is 0 Å². The van der Waals surface area contributed by atoms with Crippen LogP contribution in [0, 0.1) is 5.92 Å². The highest BCUT2D eigenvalue weighted by Gasteiger charge is 2.59. The summed E-state index contributed by atoms with van der Waals surface area (Å²) in [4.78, 5) is 51.7. The number of nitrogens with one attached hydrogen (secondary N) is 2. The number of hydrogen-bond donors (Lipinski definition) is 3. The molecule has 4 heterocycles. The third-order valence-electron chi connectivity index (χ3n) is 4.84. The van der Waals surface area contributed by atoms with E-state index in [1.807, 2.05) is 0 Å². The molecule has 10 nitrogen and oxygen atoms in total. The lowest BCUT2D eigenvalue weighted by Gasteiger charge is -2.48. The number of carbonyl (C=O) groups is 2. The Hall–Kier alpha value is -2.40. The minimum atomic E-state index is -1.13. The molecule has 0 saturated carbocycles. The highest BCUT2D eigenvalue weighted by molar-refractivity contribution is 7.99. The van der Waals surface area contributed by atoms with Crippen molar-refractivity contribution in [2.45, 2.75) is 23.7 Å². The number of β-lactam (4-membered cyclic amide) rings is 1. The van der Waals surface area contributed by atoms with Gasteiger partial charge in [0, 0.05) is 19.3 Å². The zero-order valence-electron chi connectivity index (χ0n) is 13.2. The van der Waals surface area contributed by atoms with E-state index in [0.29, 0.717) is 18.5 Å². The number of aryl methyl sites for hydroxylation is 1. The Kier molecular flexibility index (Phi) is 3.58. The van der Waals surface area contributed by atoms with Crippen LogP contribution in [0.5, 0.6) is 0 Å². The smallest absolute Gasteiger partial charge is 0.352 e. The van der Waals surface area contributed by atoms with Crippen LogP contribution >= 0.6 is 11.8 Å². The molecule has 3 atom stereocenters. The van der Waals surface area contributed by atoms with Gasteiger partial charge in [0.1, 0.15) is 11.7 Å². The van der Waals surface area contributed by atoms with Crippen molar-refractivity contribution < 1.29 is 14.7 Å². The molecule has 25 heavy (non-hydrogen) atoms. The number of aromatic amines is 1. The molecule has 2 fully saturated rings. The predicted octanol–water partition coefficient (Wildman–Crippen LogP) is -1.90. The summed E-state index contributed by atoms with van der Waals surface area (Å²) >= 11 is 1.15. The van der Waals surface area contributed by atoms with E-state index in [-0.39, 0.29) is 40.5 Å². The van der Waals surface area contributed by atoms with Crippen molar-refractivity contribution in [3.8, 4) is 0 Å². The normalized spacial score (nSPS) is 27.3. The van der Waals surface area contributed by atoms with E-state index in [2.05, 4.69) is 15.4 Å². The second kappa shape index (κ2) is 5.56. The summed E-state index contributed by atoms with van der Waals surface area (Å²) in [5.41, 5.74) is -1.03. The zero-order chi connectivity index (χ0) is 17.9. The van der Waals surface area contributed by atoms with E-state index in [1.165, 1.54) is 9.58 Å². The first-order valence-electron chi connectivity index (χ1n) is 7.70. The number of aliphatic carboxylic acids is 1. The van der Waals surface area contributed by atoms with Crippen molar-refractivity contribution in [3.05, 3.63) is 32.0 Å². The van der Waals surface area contributed by atoms with E-state index in [4.69, 9.17) is 0 Å². The summed E-state index contributed by atoms with van der Waals surface area (Å²) in [5, 5.41) is 15.3. The molecule has 132 valence electrons. The SMILES string of the molecule is Cn1[nH]c(=O)c(=O)nc1SCC1=C(C(=O)O)N2C(=O)[C@H]3NC[C@@H](C1)[C@H]32. The molecular weight excluding hydrogens is 350 g/mol. The molecule has 0 aromatic carbocycles. The van der Waals surface area contributed by atoms with Crippen LogP contribution in [-0.2, 0) is 16.6 Å². The van der Waals surface area contributed by atoms with Crippen LogP contribution in [0.15, 0.2) is 26.0 Å². The number of H-pyrrole nitrogens is 1. The average Bonchev–Trinajstić information content (AvgIpc) is 2.96. The number of thioether (sulfide) groups is 1. The van der Waals surface area contributed by atoms with Gasteiger partial charge in [-0.05, 0) is 17.9 Å². The highest BCUT2D eigenvalue weighted by atomic mass is 32.2. The van der Waals surface area contributed by atoms with Gasteiger partial charge in [0.25, 0.3) is 0 Å². The topological polar surface area (TPSA) is 137 Å². The average molecular weight is 365 g/mol. The van der Waals surface area contributed by atoms with Crippen molar-refractivity contribution in [1.29, 1.82) is 0 Å². The molecule has 3 aliphatic heterocycles. The van der Waals surface area contributed by atoms with E-state index in [1.54, 1.807) is 7.05 Å². The second-order valence-corrected chi connectivity index (χ2v) is 7.24. The maximum absolute atomic E-state index is 12.2. The first kappa shape index (κ1) is 16.1. The van der Waals surface area contributed by atoms with Crippen molar-refractivity contribution in [2.24, 2.45) is 13.0 Å². The number of carboxylic acids is 1. The van der Waals surface area contributed by atoms with Gasteiger partial charge in [-0.15, -0.1) is 0 Å². The van der Waals surface area contributed by atoms with Gasteiger partial charge in [0.05, 0.1) is 6.04 Å². The third-order valence-corrected chi connectivity index (χ3v) is 5.95. The van der Waals surface area contributed by atoms with Crippen LogP contribution in [0.4, 0.5) is 0 Å². The summed E-state index contributed by atoms with van der Waals surface area (Å²) in [7, 11) is 1.55. The van der Waals surface area contributed by atoms with Crippen LogP contribution in [0.25, 0.3) is 0 Å². The zero-order valence-corrected chi connectivity index (χ0v) is 14.0. The summed E-state index contributed by atoms with van der Waals surface area (Å²) in [6, 6.07) is -0.349. The maximum atomic E-state index is 12.2. The highest BCUT2D eigenvalue weighted by Crippen LogP contribution is 2.44. The minimum Gasteiger partial charge on any atom is -0.477 e. The number of aromatic nitrogens is 3. The van der Waals surface area contributed by atoms with E-state index < -0.39 is 17.1 Å². The summed E-state index contributed by atoms with van der Waals surface area (Å²) < 4.78 is 1.32. The van der Waals surface area contributed by atoms with Crippen LogP contribution in [0.2, 0.25) is 0 Å². The number of rotatable bonds is 4. The number of carboxylic acid groups (broad SMARTS) is 1. The molecule has 4 rings (SSSR count). The Morgan fingerprint density at radius 1 is 1.40 bits per heavy atom. The lowest BCUT2D eigenvalue weighted by atomic mass is 9.80. The maximum Gasteiger partial charge on any atom is 0.352 e. The van der Waals surface area contributed by atoms with Crippen molar-refractivity contribution in [3.63, 3.8) is 0 Å². The largest absolute Gasteiger partial charge is 0.477 e. The van der Waals surface area contributed by atoms with Crippen LogP contribution in [0.3, 0.4) is 0 Å². The Balaban J connectivity index is 1.64. The summed E-state index contributed by atoms with van der Waals surface area (Å²) in [6.45, 7) is 0.675. The number of hydrogen-bond acceptors (Lipinski definition) is 7. The standard InChI is InChI=1S/C14H15N5O5S/c1-18-14(16-10(20)11(21)17-18)25-4-6-2-5-3-15-7-8(5)19(12(7)22)9(6)13(23)24/h5,7-8,15H,2-4H2,1H3,(H,17,21)(H,23,24)/t5-,7+,8-/m1/s1. The fourth-order valence-corrected chi connectivity index (χ4v) is 4.70. The molecule has 0 radical (unpaired) electrons. The molecular formula is C14H15N5O5S. The van der Waals surface area contributed by atoms with Gasteiger partial charge >= 0.3 is 17.1 Å². The fourth-order valence-electron chi connectivity index (χ4n) is 3.76. The molecule has 1 amide bonds. The van der Waals surface area contributed by atoms with Gasteiger partial charge in [-0.1, -0.05) is 11.8 Å². The molecule has 0 bridgehead atoms. The van der Waals surface area contributed by atoms with E-state index in [9.17, 15) is 24.3 Å². The lowest BCUT2D eigenvalue weighted by Crippen LogP contribution is -2.68. The summed E-state index contributed by atoms with van der Waals surface area (Å²) in [5.74, 6) is -0.877. The first-order chi connectivity index (χ1) is 11.9. The minimum absolute atomic E-state index is 0.0353. The number of nitrogens with zero attached hydrogens (tertiary/aromatic N) is 3. The summed E-state index contributed by atoms with van der Waals surface area (Å²) in [6.07, 6.45) is 0.573. The van der Waals surface area contributed by atoms with Crippen molar-refractivity contribution in [1.82, 2.24) is 25.0 Å². The van der Waals surface area contributed by atoms with Crippen molar-refractivity contribution in [2.75, 3.05) is 12.3 Å². The molecule has 1 aromatic rings. The molecule has 0 unspecified atom stereocenters. The molecule has 0 aliphatic carbocycles. The van der Waals surface area contributed by atoms with Gasteiger partial charge in [-0.25, -0.2) is 4.79 Å². The van der Waals surface area contributed by atoms with Crippen LogP contribution < -0.4 is 16.4 Å². The number of carbonyl (C=O) groups excluding carboxylic acids is 1. The fraction of sp³-hybridized carbons (Fsp3) is 0.500. The van der Waals surface area contributed by atoms with E-state index in [0.717, 1.165) is 11.8 Å². The Morgan fingerprint density at radius 2 is 2.16 bits per heavy atom. The monoisotopic (exact) mass is 365 g/mol.